The summed E-state index contributed by atoms with van der Waals surface area (Å²) in [6.45, 7) is 0. The van der Waals surface area contributed by atoms with E-state index in [0.29, 0.717) is 14.0 Å². The molecule has 0 aliphatic heterocycles. The van der Waals surface area contributed by atoms with Crippen LogP contribution in [0.3, 0.4) is 0 Å². The number of carbonyl (C=O) groups excluding carboxylic acids is 1. The van der Waals surface area contributed by atoms with E-state index < -0.39 is 0 Å². The van der Waals surface area contributed by atoms with E-state index in [-0.39, 0.29) is 5.97 Å². The zero-order valence-electron chi connectivity index (χ0n) is 5.43. The molecule has 0 fully saturated rings. The Morgan fingerprint density at radius 3 is 2.64 bits per heavy atom. The van der Waals surface area contributed by atoms with Crippen molar-refractivity contribution < 1.29 is 9.53 Å². The van der Waals surface area contributed by atoms with Gasteiger partial charge >= 0.3 is 5.97 Å². The smallest absolute Gasteiger partial charge is 0.350 e. The van der Waals surface area contributed by atoms with Crippen LogP contribution in [0, 0.1) is 0 Å². The van der Waals surface area contributed by atoms with Crippen molar-refractivity contribution in [3.8, 4) is 0 Å². The van der Waals surface area contributed by atoms with Crippen molar-refractivity contribution in [1.82, 2.24) is 4.37 Å². The Kier molecular flexibility index (Phi) is 3.03. The Morgan fingerprint density at radius 2 is 2.27 bits per heavy atom. The molecule has 0 aliphatic carbocycles. The molecule has 6 heteroatoms. The summed E-state index contributed by atoms with van der Waals surface area (Å²) < 4.78 is 9.68. The number of aromatic nitrogens is 1. The molecule has 1 aromatic heterocycles. The second-order valence-electron chi connectivity index (χ2n) is 1.61. The van der Waals surface area contributed by atoms with E-state index in [4.69, 9.17) is 0 Å². The molecule has 60 valence electrons. The summed E-state index contributed by atoms with van der Waals surface area (Å²) in [5.41, 5.74) is 0. The van der Waals surface area contributed by atoms with Crippen molar-refractivity contribution in [2.24, 2.45) is 0 Å². The van der Waals surface area contributed by atoms with Gasteiger partial charge in [0.05, 0.1) is 11.6 Å². The second kappa shape index (κ2) is 3.64. The third kappa shape index (κ3) is 1.80. The van der Waals surface area contributed by atoms with Gasteiger partial charge in [-0.15, -0.1) is 0 Å². The van der Waals surface area contributed by atoms with Crippen LogP contribution < -0.4 is 0 Å². The summed E-state index contributed by atoms with van der Waals surface area (Å²) in [7, 11) is 1.34. The van der Waals surface area contributed by atoms with E-state index in [1.54, 1.807) is 0 Å². The fraction of sp³-hybridized carbons (Fsp3) is 0.200. The maximum atomic E-state index is 10.9. The van der Waals surface area contributed by atoms with Gasteiger partial charge in [0.1, 0.15) is 9.48 Å². The van der Waals surface area contributed by atoms with Crippen molar-refractivity contribution >= 4 is 49.4 Å². The zero-order valence-corrected chi connectivity index (χ0v) is 9.42. The number of rotatable bonds is 1. The lowest BCUT2D eigenvalue weighted by molar-refractivity contribution is 0.0605. The number of methoxy groups -OCH3 is 1. The third-order valence-corrected chi connectivity index (χ3v) is 4.17. The number of hydrogen-bond acceptors (Lipinski definition) is 4. The Hall–Kier alpha value is 0.0600. The molecule has 0 unspecified atom stereocenters. The Bertz CT molecular complexity index is 286. The van der Waals surface area contributed by atoms with E-state index in [1.807, 2.05) is 0 Å². The molecule has 0 bridgehead atoms. The molecule has 0 amide bonds. The molecule has 0 saturated heterocycles. The predicted molar refractivity (Wildman–Crippen MR) is 48.9 cm³/mol. The van der Waals surface area contributed by atoms with Gasteiger partial charge in [0.25, 0.3) is 0 Å². The third-order valence-electron chi connectivity index (χ3n) is 0.968. The first-order chi connectivity index (χ1) is 5.16. The minimum absolute atomic E-state index is 0.375. The van der Waals surface area contributed by atoms with E-state index in [2.05, 4.69) is 41.0 Å². The monoisotopic (exact) mass is 299 g/mol. The lowest BCUT2D eigenvalue weighted by Gasteiger charge is -1.92. The first-order valence-corrected chi connectivity index (χ1v) is 4.91. The number of carbonyl (C=O) groups is 1. The molecule has 0 aromatic carbocycles. The van der Waals surface area contributed by atoms with Gasteiger partial charge in [-0.25, -0.2) is 4.79 Å². The minimum Gasteiger partial charge on any atom is -0.465 e. The summed E-state index contributed by atoms with van der Waals surface area (Å²) in [6.07, 6.45) is 0. The molecular formula is C5H3Br2NO2S. The highest BCUT2D eigenvalue weighted by atomic mass is 79.9. The lowest BCUT2D eigenvalue weighted by atomic mass is 10.5. The molecule has 11 heavy (non-hydrogen) atoms. The van der Waals surface area contributed by atoms with E-state index >= 15 is 0 Å². The first-order valence-electron chi connectivity index (χ1n) is 2.55. The molecule has 1 heterocycles. The molecule has 0 N–H and O–H groups in total. The van der Waals surface area contributed by atoms with Crippen LogP contribution in [0.15, 0.2) is 9.08 Å². The summed E-state index contributed by atoms with van der Waals surface area (Å²) in [6, 6.07) is 0. The number of hydrogen-bond donors (Lipinski definition) is 0. The SMILES string of the molecule is COC(=O)c1snc(Br)c1Br. The first kappa shape index (κ1) is 9.15. The van der Waals surface area contributed by atoms with Crippen LogP contribution in [0.5, 0.6) is 0 Å². The van der Waals surface area contributed by atoms with Crippen LogP contribution in [0.2, 0.25) is 0 Å². The van der Waals surface area contributed by atoms with Gasteiger partial charge in [-0.05, 0) is 43.4 Å². The quantitative estimate of drug-likeness (QED) is 0.748. The van der Waals surface area contributed by atoms with Gasteiger partial charge < -0.3 is 4.74 Å². The van der Waals surface area contributed by atoms with E-state index in [0.717, 1.165) is 11.5 Å². The summed E-state index contributed by atoms with van der Waals surface area (Å²) in [5.74, 6) is -0.375. The number of halogens is 2. The average Bonchev–Trinajstić information content (AvgIpc) is 2.32. The van der Waals surface area contributed by atoms with Gasteiger partial charge in [-0.2, -0.15) is 4.37 Å². The number of ether oxygens (including phenoxy) is 1. The van der Waals surface area contributed by atoms with Crippen LogP contribution in [0.25, 0.3) is 0 Å². The van der Waals surface area contributed by atoms with Gasteiger partial charge in [-0.3, -0.25) is 0 Å². The molecule has 0 spiro atoms. The number of nitrogens with zero attached hydrogens (tertiary/aromatic N) is 1. The molecular weight excluding hydrogens is 298 g/mol. The Labute approximate surface area is 84.2 Å². The predicted octanol–water partition coefficient (Wildman–Crippen LogP) is 2.45. The zero-order chi connectivity index (χ0) is 8.43. The molecule has 1 rings (SSSR count). The highest BCUT2D eigenvalue weighted by Gasteiger charge is 2.16. The largest absolute Gasteiger partial charge is 0.465 e. The fourth-order valence-corrected chi connectivity index (χ4v) is 2.21. The average molecular weight is 301 g/mol. The van der Waals surface area contributed by atoms with Crippen LogP contribution in [-0.4, -0.2) is 17.5 Å². The topological polar surface area (TPSA) is 39.2 Å². The summed E-state index contributed by atoms with van der Waals surface area (Å²) in [5, 5.41) is 0. The molecule has 0 saturated carbocycles. The fourth-order valence-electron chi connectivity index (χ4n) is 0.479. The van der Waals surface area contributed by atoms with Gasteiger partial charge in [-0.1, -0.05) is 0 Å². The van der Waals surface area contributed by atoms with Crippen molar-refractivity contribution in [3.05, 3.63) is 14.0 Å². The highest BCUT2D eigenvalue weighted by molar-refractivity contribution is 9.13. The van der Waals surface area contributed by atoms with E-state index in [1.165, 1.54) is 7.11 Å². The van der Waals surface area contributed by atoms with Crippen LogP contribution in [0.4, 0.5) is 0 Å². The van der Waals surface area contributed by atoms with Gasteiger partial charge in [0, 0.05) is 0 Å². The van der Waals surface area contributed by atoms with Crippen LogP contribution >= 0.6 is 43.4 Å². The maximum Gasteiger partial charge on any atom is 0.350 e. The van der Waals surface area contributed by atoms with Crippen molar-refractivity contribution in [2.75, 3.05) is 7.11 Å². The standard InChI is InChI=1S/C5H3Br2NO2S/c1-10-5(9)3-2(6)4(7)8-11-3/h1H3. The Balaban J connectivity index is 3.04. The Morgan fingerprint density at radius 1 is 1.64 bits per heavy atom. The molecule has 0 atom stereocenters. The molecule has 0 radical (unpaired) electrons. The summed E-state index contributed by atoms with van der Waals surface area (Å²) >= 11 is 7.44. The number of esters is 1. The second-order valence-corrected chi connectivity index (χ2v) is 3.93. The van der Waals surface area contributed by atoms with Crippen molar-refractivity contribution in [1.29, 1.82) is 0 Å². The highest BCUT2D eigenvalue weighted by Crippen LogP contribution is 2.29. The van der Waals surface area contributed by atoms with E-state index in [9.17, 15) is 4.79 Å². The normalized spacial score (nSPS) is 9.73. The molecule has 0 aliphatic rings. The van der Waals surface area contributed by atoms with Crippen molar-refractivity contribution in [3.63, 3.8) is 0 Å². The summed E-state index contributed by atoms with van der Waals surface area (Å²) in [4.78, 5) is 11.4. The van der Waals surface area contributed by atoms with Crippen molar-refractivity contribution in [2.45, 2.75) is 0 Å². The van der Waals surface area contributed by atoms with Crippen LogP contribution in [0.1, 0.15) is 9.67 Å². The molecule has 1 aromatic rings. The van der Waals surface area contributed by atoms with Crippen LogP contribution in [-0.2, 0) is 4.74 Å². The minimum atomic E-state index is -0.375. The van der Waals surface area contributed by atoms with Gasteiger partial charge in [0.2, 0.25) is 0 Å². The van der Waals surface area contributed by atoms with Gasteiger partial charge in [0.15, 0.2) is 0 Å². The maximum absolute atomic E-state index is 10.9. The molecule has 3 nitrogen and oxygen atoms in total. The lowest BCUT2D eigenvalue weighted by Crippen LogP contribution is -1.98.